The highest BCUT2D eigenvalue weighted by Gasteiger charge is 2.47. The van der Waals surface area contributed by atoms with Crippen LogP contribution in [0.4, 0.5) is 5.69 Å². The van der Waals surface area contributed by atoms with Crippen LogP contribution in [-0.4, -0.2) is 54.9 Å². The van der Waals surface area contributed by atoms with Gasteiger partial charge in [0.2, 0.25) is 0 Å². The first-order valence-electron chi connectivity index (χ1n) is 7.64. The lowest BCUT2D eigenvalue weighted by Crippen LogP contribution is -2.55. The Morgan fingerprint density at radius 2 is 2.32 bits per heavy atom. The lowest BCUT2D eigenvalue weighted by molar-refractivity contribution is -0.159. The van der Waals surface area contributed by atoms with E-state index in [1.807, 2.05) is 19.2 Å². The van der Waals surface area contributed by atoms with Gasteiger partial charge in [-0.05, 0) is 42.3 Å². The number of aliphatic carboxylic acids is 1. The predicted octanol–water partition coefficient (Wildman–Crippen LogP) is 1.77. The van der Waals surface area contributed by atoms with Gasteiger partial charge in [0.05, 0.1) is 0 Å². The summed E-state index contributed by atoms with van der Waals surface area (Å²) in [7, 11) is 3.47. The van der Waals surface area contributed by atoms with E-state index in [9.17, 15) is 9.90 Å². The molecule has 1 aromatic rings. The van der Waals surface area contributed by atoms with Gasteiger partial charge in [0.25, 0.3) is 0 Å². The van der Waals surface area contributed by atoms with Crippen molar-refractivity contribution in [1.82, 2.24) is 4.90 Å². The van der Waals surface area contributed by atoms with Crippen molar-refractivity contribution in [2.75, 3.05) is 32.6 Å². The van der Waals surface area contributed by atoms with Gasteiger partial charge in [-0.2, -0.15) is 0 Å². The van der Waals surface area contributed by atoms with Crippen molar-refractivity contribution in [2.45, 2.75) is 24.0 Å². The number of hydrogen-bond donors (Lipinski definition) is 2. The van der Waals surface area contributed by atoms with Crippen molar-refractivity contribution in [2.24, 2.45) is 0 Å². The molecular weight excluding hydrogens is 280 g/mol. The molecule has 0 aromatic heterocycles. The number of hydrogen-bond acceptors (Lipinski definition) is 4. The Bertz CT molecular complexity index is 684. The highest BCUT2D eigenvalue weighted by Crippen LogP contribution is 2.49. The lowest BCUT2D eigenvalue weighted by Gasteiger charge is -2.45. The van der Waals surface area contributed by atoms with Crippen LogP contribution < -0.4 is 5.32 Å². The number of fused-ring (bicyclic) bond motifs is 2. The maximum Gasteiger partial charge on any atom is 0.341 e. The number of anilines is 1. The van der Waals surface area contributed by atoms with E-state index in [1.54, 1.807) is 0 Å². The zero-order chi connectivity index (χ0) is 15.5. The van der Waals surface area contributed by atoms with Gasteiger partial charge in [-0.3, -0.25) is 4.90 Å². The first-order chi connectivity index (χ1) is 10.6. The summed E-state index contributed by atoms with van der Waals surface area (Å²) >= 11 is 0. The third-order valence-electron chi connectivity index (χ3n) is 5.36. The highest BCUT2D eigenvalue weighted by atomic mass is 16.5. The zero-order valence-corrected chi connectivity index (χ0v) is 12.8. The molecule has 3 atom stereocenters. The van der Waals surface area contributed by atoms with Crippen molar-refractivity contribution in [3.63, 3.8) is 0 Å². The topological polar surface area (TPSA) is 61.8 Å². The van der Waals surface area contributed by atoms with E-state index in [1.165, 1.54) is 23.9 Å². The van der Waals surface area contributed by atoms with Crippen molar-refractivity contribution in [3.8, 4) is 0 Å². The Morgan fingerprint density at radius 1 is 1.50 bits per heavy atom. The van der Waals surface area contributed by atoms with Crippen molar-refractivity contribution in [3.05, 3.63) is 35.4 Å². The molecule has 2 N–H and O–H groups in total. The van der Waals surface area contributed by atoms with Gasteiger partial charge in [0.15, 0.2) is 5.60 Å². The van der Waals surface area contributed by atoms with Crippen LogP contribution in [0.5, 0.6) is 0 Å². The summed E-state index contributed by atoms with van der Waals surface area (Å²) in [5, 5.41) is 13.1. The lowest BCUT2D eigenvalue weighted by atomic mass is 9.74. The molecule has 1 aromatic carbocycles. The maximum absolute atomic E-state index is 11.8. The average molecular weight is 300 g/mol. The third kappa shape index (κ3) is 1.69. The van der Waals surface area contributed by atoms with Crippen LogP contribution in [0.3, 0.4) is 0 Å². The highest BCUT2D eigenvalue weighted by molar-refractivity contribution is 5.89. The number of nitrogens with zero attached hydrogens (tertiary/aromatic N) is 1. The molecule has 0 saturated heterocycles. The molecule has 3 aliphatic rings. The quantitative estimate of drug-likeness (QED) is 0.871. The SMILES string of the molecule is CO[C@@]1(C(=O)O)C=C2c3cccc4c3C(CN4)C[C@H]2N(C)C1. The molecule has 0 fully saturated rings. The number of benzene rings is 1. The number of methoxy groups -OCH3 is 1. The second kappa shape index (κ2) is 4.57. The molecule has 5 heteroatoms. The molecule has 2 aliphatic heterocycles. The largest absolute Gasteiger partial charge is 0.479 e. The summed E-state index contributed by atoms with van der Waals surface area (Å²) in [5.74, 6) is -0.420. The van der Waals surface area contributed by atoms with E-state index in [0.29, 0.717) is 12.5 Å². The number of ether oxygens (including phenoxy) is 1. The van der Waals surface area contributed by atoms with Crippen molar-refractivity contribution >= 4 is 17.2 Å². The van der Waals surface area contributed by atoms with E-state index >= 15 is 0 Å². The van der Waals surface area contributed by atoms with Gasteiger partial charge < -0.3 is 15.2 Å². The molecule has 0 saturated carbocycles. The van der Waals surface area contributed by atoms with Crippen LogP contribution in [0.25, 0.3) is 5.57 Å². The molecule has 0 bridgehead atoms. The molecule has 1 aliphatic carbocycles. The van der Waals surface area contributed by atoms with Crippen LogP contribution in [-0.2, 0) is 9.53 Å². The maximum atomic E-state index is 11.8. The number of carbonyl (C=O) groups is 1. The minimum absolute atomic E-state index is 0.260. The van der Waals surface area contributed by atoms with Crippen LogP contribution in [0, 0.1) is 0 Å². The Hall–Kier alpha value is -1.85. The smallest absolute Gasteiger partial charge is 0.341 e. The molecule has 5 nitrogen and oxygen atoms in total. The predicted molar refractivity (Wildman–Crippen MR) is 84.1 cm³/mol. The molecule has 0 radical (unpaired) electrons. The van der Waals surface area contributed by atoms with E-state index in [2.05, 4.69) is 22.3 Å². The Kier molecular flexibility index (Phi) is 2.86. The van der Waals surface area contributed by atoms with E-state index < -0.39 is 11.6 Å². The molecular formula is C17H20N2O3. The fourth-order valence-corrected chi connectivity index (χ4v) is 4.23. The molecule has 116 valence electrons. The zero-order valence-electron chi connectivity index (χ0n) is 12.8. The first kappa shape index (κ1) is 13.8. The third-order valence-corrected chi connectivity index (χ3v) is 5.36. The van der Waals surface area contributed by atoms with Gasteiger partial charge in [-0.15, -0.1) is 0 Å². The summed E-state index contributed by atoms with van der Waals surface area (Å²) in [6.45, 7) is 1.35. The molecule has 1 unspecified atom stereocenters. The second-order valence-corrected chi connectivity index (χ2v) is 6.51. The van der Waals surface area contributed by atoms with Gasteiger partial charge in [0, 0.05) is 37.8 Å². The standard InChI is InChI=1S/C17H20N2O3/c1-19-9-17(22-2,16(20)21)7-12-11-4-3-5-13-15(11)10(8-18-13)6-14(12)19/h3-5,7,10,14,18H,6,8-9H2,1-2H3,(H,20,21)/t10?,14-,17+/m1/s1. The summed E-state index contributed by atoms with van der Waals surface area (Å²) in [5.41, 5.74) is 3.54. The van der Waals surface area contributed by atoms with Crippen LogP contribution in [0.1, 0.15) is 23.5 Å². The Morgan fingerprint density at radius 3 is 3.05 bits per heavy atom. The minimum Gasteiger partial charge on any atom is -0.479 e. The number of nitrogens with one attached hydrogen (secondary N) is 1. The summed E-state index contributed by atoms with van der Waals surface area (Å²) in [6.07, 6.45) is 2.86. The van der Waals surface area contributed by atoms with Gasteiger partial charge >= 0.3 is 5.97 Å². The number of carboxylic acids is 1. The monoisotopic (exact) mass is 300 g/mol. The second-order valence-electron chi connectivity index (χ2n) is 6.51. The van der Waals surface area contributed by atoms with Crippen LogP contribution in [0.15, 0.2) is 24.3 Å². The van der Waals surface area contributed by atoms with Crippen LogP contribution >= 0.6 is 0 Å². The summed E-state index contributed by atoms with van der Waals surface area (Å²) < 4.78 is 5.41. The minimum atomic E-state index is -1.26. The van der Waals surface area contributed by atoms with Crippen LogP contribution in [0.2, 0.25) is 0 Å². The summed E-state index contributed by atoms with van der Waals surface area (Å²) in [6, 6.07) is 6.51. The van der Waals surface area contributed by atoms with E-state index in [4.69, 9.17) is 4.74 Å². The normalized spacial score (nSPS) is 32.7. The number of carboxylic acid groups (broad SMARTS) is 1. The number of rotatable bonds is 2. The van der Waals surface area contributed by atoms with Gasteiger partial charge in [0.1, 0.15) is 0 Å². The fraction of sp³-hybridized carbons (Fsp3) is 0.471. The van der Waals surface area contributed by atoms with Gasteiger partial charge in [-0.1, -0.05) is 12.1 Å². The van der Waals surface area contributed by atoms with Crippen molar-refractivity contribution in [1.29, 1.82) is 0 Å². The molecule has 0 spiro atoms. The number of likely N-dealkylation sites (N-methyl/N-ethyl adjacent to an activating group) is 1. The molecule has 4 rings (SSSR count). The van der Waals surface area contributed by atoms with E-state index in [-0.39, 0.29) is 6.04 Å². The van der Waals surface area contributed by atoms with E-state index in [0.717, 1.165) is 18.5 Å². The summed E-state index contributed by atoms with van der Waals surface area (Å²) in [4.78, 5) is 13.9. The first-order valence-corrected chi connectivity index (χ1v) is 7.64. The molecule has 0 amide bonds. The van der Waals surface area contributed by atoms with Crippen molar-refractivity contribution < 1.29 is 14.6 Å². The molecule has 22 heavy (non-hydrogen) atoms. The molecule has 2 heterocycles. The van der Waals surface area contributed by atoms with Gasteiger partial charge in [-0.25, -0.2) is 4.79 Å². The Labute approximate surface area is 129 Å². The fourth-order valence-electron chi connectivity index (χ4n) is 4.23. The Balaban J connectivity index is 1.92. The average Bonchev–Trinajstić information content (AvgIpc) is 2.93.